The molecule has 3 heterocycles. The Kier molecular flexibility index (Phi) is 3.09. The van der Waals surface area contributed by atoms with Crippen molar-refractivity contribution in [3.8, 4) is 17.4 Å². The number of pyridine rings is 1. The normalized spacial score (nSPS) is 11.4. The Morgan fingerprint density at radius 3 is 2.69 bits per heavy atom. The van der Waals surface area contributed by atoms with E-state index in [0.717, 1.165) is 33.1 Å². The first-order valence-corrected chi connectivity index (χ1v) is 8.55. The van der Waals surface area contributed by atoms with Gasteiger partial charge in [-0.2, -0.15) is 5.26 Å². The maximum atomic E-state index is 9.77. The lowest BCUT2D eigenvalue weighted by atomic mass is 10.0. The summed E-state index contributed by atoms with van der Waals surface area (Å²) in [5, 5.41) is 11.2. The molecule has 0 N–H and O–H groups in total. The van der Waals surface area contributed by atoms with Crippen LogP contribution in [0.25, 0.3) is 39.0 Å². The molecule has 3 aromatic heterocycles. The molecule has 5 heteroatoms. The molecule has 26 heavy (non-hydrogen) atoms. The Labute approximate surface area is 153 Å². The molecule has 0 fully saturated rings. The van der Waals surface area contributed by atoms with Crippen molar-refractivity contribution in [2.45, 2.75) is 6.92 Å². The van der Waals surface area contributed by atoms with Crippen molar-refractivity contribution in [2.24, 2.45) is 0 Å². The summed E-state index contributed by atoms with van der Waals surface area (Å²) in [6, 6.07) is 19.7. The Balaban J connectivity index is 1.96. The van der Waals surface area contributed by atoms with Gasteiger partial charge in [-0.05, 0) is 36.8 Å². The average Bonchev–Trinajstić information content (AvgIpc) is 3.23. The Hall–Kier alpha value is -3.29. The standard InChI is InChI=1S/C21H12ClN3O/c1-12-14(11-23)21-24-15-7-3-4-8-16(15)25(21)20(22)19(12)18-10-13-6-2-5-9-17(13)26-18/h2-10H,1H3. The highest BCUT2D eigenvalue weighted by atomic mass is 35.5. The van der Waals surface area contributed by atoms with Gasteiger partial charge in [0.15, 0.2) is 5.65 Å². The van der Waals surface area contributed by atoms with Crippen LogP contribution in [0.2, 0.25) is 5.15 Å². The van der Waals surface area contributed by atoms with Crippen LogP contribution in [0.5, 0.6) is 0 Å². The van der Waals surface area contributed by atoms with Crippen LogP contribution in [0, 0.1) is 18.3 Å². The van der Waals surface area contributed by atoms with Crippen LogP contribution in [0.1, 0.15) is 11.1 Å². The first-order valence-electron chi connectivity index (χ1n) is 8.17. The van der Waals surface area contributed by atoms with Crippen molar-refractivity contribution in [3.05, 3.63) is 70.9 Å². The molecule has 0 saturated heterocycles. The van der Waals surface area contributed by atoms with Crippen molar-refractivity contribution in [1.29, 1.82) is 5.26 Å². The Bertz CT molecular complexity index is 1340. The van der Waals surface area contributed by atoms with E-state index in [9.17, 15) is 5.26 Å². The van der Waals surface area contributed by atoms with Crippen LogP contribution in [-0.2, 0) is 0 Å². The third-order valence-corrected chi connectivity index (χ3v) is 5.08. The lowest BCUT2D eigenvalue weighted by molar-refractivity contribution is 0.630. The fraction of sp³-hybridized carbons (Fsp3) is 0.0476. The van der Waals surface area contributed by atoms with Gasteiger partial charge in [0.25, 0.3) is 0 Å². The molecule has 4 nitrogen and oxygen atoms in total. The summed E-state index contributed by atoms with van der Waals surface area (Å²) in [6.07, 6.45) is 0. The van der Waals surface area contributed by atoms with E-state index in [1.807, 2.05) is 65.9 Å². The number of fused-ring (bicyclic) bond motifs is 4. The lowest BCUT2D eigenvalue weighted by Crippen LogP contribution is -1.99. The molecule has 5 aromatic rings. The molecule has 0 bridgehead atoms. The third-order valence-electron chi connectivity index (χ3n) is 4.72. The number of benzene rings is 2. The molecule has 0 aliphatic rings. The largest absolute Gasteiger partial charge is 0.456 e. The number of rotatable bonds is 1. The number of aromatic nitrogens is 2. The zero-order chi connectivity index (χ0) is 17.8. The van der Waals surface area contributed by atoms with Crippen molar-refractivity contribution in [1.82, 2.24) is 9.38 Å². The minimum Gasteiger partial charge on any atom is -0.456 e. The van der Waals surface area contributed by atoms with Crippen LogP contribution in [0.4, 0.5) is 0 Å². The molecule has 0 spiro atoms. The minimum atomic E-state index is 0.490. The fourth-order valence-corrected chi connectivity index (χ4v) is 3.88. The molecule has 0 unspecified atom stereocenters. The average molecular weight is 358 g/mol. The van der Waals surface area contributed by atoms with Crippen molar-refractivity contribution >= 4 is 39.3 Å². The number of nitriles is 1. The molecule has 0 saturated carbocycles. The van der Waals surface area contributed by atoms with E-state index in [1.165, 1.54) is 0 Å². The van der Waals surface area contributed by atoms with Gasteiger partial charge in [-0.25, -0.2) is 4.98 Å². The SMILES string of the molecule is Cc1c(-c2cc3ccccc3o2)c(Cl)n2c(nc3ccccc32)c1C#N. The van der Waals surface area contributed by atoms with Gasteiger partial charge in [0, 0.05) is 5.39 Å². The molecule has 0 aliphatic carbocycles. The number of halogens is 1. The molecule has 0 atom stereocenters. The summed E-state index contributed by atoms with van der Waals surface area (Å²) in [4.78, 5) is 4.61. The number of hydrogen-bond acceptors (Lipinski definition) is 3. The van der Waals surface area contributed by atoms with Gasteiger partial charge in [-0.3, -0.25) is 4.40 Å². The smallest absolute Gasteiger partial charge is 0.157 e. The van der Waals surface area contributed by atoms with Gasteiger partial charge in [0.05, 0.1) is 22.2 Å². The van der Waals surface area contributed by atoms with Crippen LogP contribution in [0.15, 0.2) is 59.0 Å². The van der Waals surface area contributed by atoms with E-state index in [1.54, 1.807) is 0 Å². The maximum Gasteiger partial charge on any atom is 0.157 e. The summed E-state index contributed by atoms with van der Waals surface area (Å²) in [7, 11) is 0. The van der Waals surface area contributed by atoms with Crippen LogP contribution in [-0.4, -0.2) is 9.38 Å². The second-order valence-electron chi connectivity index (χ2n) is 6.19. The van der Waals surface area contributed by atoms with Gasteiger partial charge in [0.2, 0.25) is 0 Å². The Morgan fingerprint density at radius 2 is 1.88 bits per heavy atom. The first-order chi connectivity index (χ1) is 12.7. The van der Waals surface area contributed by atoms with Gasteiger partial charge in [-0.1, -0.05) is 41.9 Å². The highest BCUT2D eigenvalue weighted by Crippen LogP contribution is 2.39. The van der Waals surface area contributed by atoms with E-state index in [4.69, 9.17) is 16.0 Å². The molecule has 0 aliphatic heterocycles. The zero-order valence-corrected chi connectivity index (χ0v) is 14.6. The monoisotopic (exact) mass is 357 g/mol. The minimum absolute atomic E-state index is 0.490. The lowest BCUT2D eigenvalue weighted by Gasteiger charge is -2.11. The van der Waals surface area contributed by atoms with Crippen LogP contribution in [0.3, 0.4) is 0 Å². The summed E-state index contributed by atoms with van der Waals surface area (Å²) in [5.41, 5.74) is 4.99. The van der Waals surface area contributed by atoms with Crippen molar-refractivity contribution < 1.29 is 4.42 Å². The second kappa shape index (κ2) is 5.35. The second-order valence-corrected chi connectivity index (χ2v) is 6.54. The predicted octanol–water partition coefficient (Wildman–Crippen LogP) is 5.73. The molecule has 124 valence electrons. The molecule has 2 aromatic carbocycles. The first kappa shape index (κ1) is 15.0. The number of furan rings is 1. The van der Waals surface area contributed by atoms with E-state index in [0.29, 0.717) is 22.1 Å². The molecule has 5 rings (SSSR count). The van der Waals surface area contributed by atoms with E-state index in [-0.39, 0.29) is 0 Å². The van der Waals surface area contributed by atoms with Gasteiger partial charge in [0.1, 0.15) is 22.6 Å². The van der Waals surface area contributed by atoms with Crippen molar-refractivity contribution in [2.75, 3.05) is 0 Å². The van der Waals surface area contributed by atoms with E-state index < -0.39 is 0 Å². The highest BCUT2D eigenvalue weighted by Gasteiger charge is 2.22. The van der Waals surface area contributed by atoms with Crippen molar-refractivity contribution in [3.63, 3.8) is 0 Å². The molecular formula is C21H12ClN3O. The summed E-state index contributed by atoms with van der Waals surface area (Å²) < 4.78 is 7.85. The quantitative estimate of drug-likeness (QED) is 0.360. The predicted molar refractivity (Wildman–Crippen MR) is 102 cm³/mol. The number of imidazole rings is 1. The molecule has 0 radical (unpaired) electrons. The topological polar surface area (TPSA) is 54.2 Å². The summed E-state index contributed by atoms with van der Waals surface area (Å²) in [6.45, 7) is 1.88. The summed E-state index contributed by atoms with van der Waals surface area (Å²) >= 11 is 6.81. The van der Waals surface area contributed by atoms with Gasteiger partial charge in [-0.15, -0.1) is 0 Å². The number of para-hydroxylation sites is 3. The zero-order valence-electron chi connectivity index (χ0n) is 13.8. The summed E-state index contributed by atoms with van der Waals surface area (Å²) in [5.74, 6) is 0.643. The number of nitrogens with zero attached hydrogens (tertiary/aromatic N) is 3. The van der Waals surface area contributed by atoms with Crippen LogP contribution >= 0.6 is 11.6 Å². The maximum absolute atomic E-state index is 9.77. The van der Waals surface area contributed by atoms with Gasteiger partial charge >= 0.3 is 0 Å². The third kappa shape index (κ3) is 1.92. The number of hydrogen-bond donors (Lipinski definition) is 0. The van der Waals surface area contributed by atoms with E-state index >= 15 is 0 Å². The molecule has 0 amide bonds. The highest BCUT2D eigenvalue weighted by molar-refractivity contribution is 6.33. The fourth-order valence-electron chi connectivity index (χ4n) is 3.48. The van der Waals surface area contributed by atoms with Crippen LogP contribution < -0.4 is 0 Å². The molecular weight excluding hydrogens is 346 g/mol. The Morgan fingerprint density at radius 1 is 1.12 bits per heavy atom. The van der Waals surface area contributed by atoms with E-state index in [2.05, 4.69) is 11.1 Å². The van der Waals surface area contributed by atoms with Gasteiger partial charge < -0.3 is 4.42 Å².